The van der Waals surface area contributed by atoms with Crippen LogP contribution < -0.4 is 4.74 Å². The van der Waals surface area contributed by atoms with Crippen molar-refractivity contribution >= 4 is 32.8 Å². The summed E-state index contributed by atoms with van der Waals surface area (Å²) in [4.78, 5) is 16.0. The Balaban J connectivity index is 2.75. The zero-order valence-electron chi connectivity index (χ0n) is 10.3. The lowest BCUT2D eigenvalue weighted by Crippen LogP contribution is -2.05. The summed E-state index contributed by atoms with van der Waals surface area (Å²) >= 11 is 3.40. The van der Waals surface area contributed by atoms with Crippen molar-refractivity contribution in [2.45, 2.75) is 6.92 Å². The predicted molar refractivity (Wildman–Crippen MR) is 72.1 cm³/mol. The molecule has 0 amide bonds. The van der Waals surface area contributed by atoms with Gasteiger partial charge in [0.2, 0.25) is 0 Å². The molecular formula is C13H12BrNO3. The van der Waals surface area contributed by atoms with Crippen molar-refractivity contribution in [1.82, 2.24) is 4.98 Å². The van der Waals surface area contributed by atoms with Gasteiger partial charge < -0.3 is 9.47 Å². The summed E-state index contributed by atoms with van der Waals surface area (Å²) < 4.78 is 10.9. The first-order chi connectivity index (χ1) is 8.56. The minimum atomic E-state index is -0.388. The highest BCUT2D eigenvalue weighted by molar-refractivity contribution is 9.10. The maximum absolute atomic E-state index is 11.6. The number of benzene rings is 1. The third-order valence-corrected chi connectivity index (χ3v) is 3.12. The Bertz CT molecular complexity index is 625. The van der Waals surface area contributed by atoms with Gasteiger partial charge in [-0.25, -0.2) is 9.78 Å². The molecule has 4 nitrogen and oxygen atoms in total. The monoisotopic (exact) mass is 309 g/mol. The van der Waals surface area contributed by atoms with E-state index in [4.69, 9.17) is 9.47 Å². The van der Waals surface area contributed by atoms with E-state index in [1.807, 2.05) is 12.1 Å². The largest absolute Gasteiger partial charge is 0.494 e. The molecule has 0 saturated heterocycles. The van der Waals surface area contributed by atoms with E-state index < -0.39 is 0 Å². The summed E-state index contributed by atoms with van der Waals surface area (Å²) in [5.41, 5.74) is 1.81. The molecule has 0 fully saturated rings. The van der Waals surface area contributed by atoms with E-state index >= 15 is 0 Å². The molecule has 1 aromatic carbocycles. The number of aryl methyl sites for hydroxylation is 1. The molecule has 0 atom stereocenters. The molecular weight excluding hydrogens is 298 g/mol. The number of hydrogen-bond acceptors (Lipinski definition) is 4. The molecule has 0 aliphatic rings. The van der Waals surface area contributed by atoms with Crippen LogP contribution in [-0.4, -0.2) is 25.2 Å². The number of fused-ring (bicyclic) bond motifs is 1. The fraction of sp³-hybridized carbons (Fsp3) is 0.231. The van der Waals surface area contributed by atoms with Gasteiger partial charge in [0.1, 0.15) is 11.3 Å². The van der Waals surface area contributed by atoms with E-state index in [1.54, 1.807) is 20.1 Å². The first-order valence-electron chi connectivity index (χ1n) is 5.30. The van der Waals surface area contributed by atoms with Gasteiger partial charge in [-0.2, -0.15) is 0 Å². The third kappa shape index (κ3) is 2.18. The second-order valence-corrected chi connectivity index (χ2v) is 4.71. The Hall–Kier alpha value is -1.62. The van der Waals surface area contributed by atoms with Gasteiger partial charge in [-0.15, -0.1) is 0 Å². The van der Waals surface area contributed by atoms with E-state index in [2.05, 4.69) is 20.9 Å². The van der Waals surface area contributed by atoms with Crippen molar-refractivity contribution in [3.8, 4) is 5.75 Å². The van der Waals surface area contributed by atoms with Crippen molar-refractivity contribution in [2.75, 3.05) is 14.2 Å². The molecule has 0 unspecified atom stereocenters. The van der Waals surface area contributed by atoms with Crippen LogP contribution in [0.4, 0.5) is 0 Å². The molecule has 0 N–H and O–H groups in total. The number of ether oxygens (including phenoxy) is 2. The smallest absolute Gasteiger partial charge is 0.339 e. The average Bonchev–Trinajstić information content (AvgIpc) is 2.36. The van der Waals surface area contributed by atoms with Crippen LogP contribution in [0.2, 0.25) is 0 Å². The minimum absolute atomic E-state index is 0.388. The zero-order chi connectivity index (χ0) is 13.3. The molecule has 0 radical (unpaired) electrons. The van der Waals surface area contributed by atoms with Crippen LogP contribution in [0, 0.1) is 6.92 Å². The molecule has 1 heterocycles. The third-order valence-electron chi connectivity index (χ3n) is 2.66. The van der Waals surface area contributed by atoms with Crippen LogP contribution in [0.5, 0.6) is 5.75 Å². The van der Waals surface area contributed by atoms with Crippen LogP contribution in [-0.2, 0) is 4.74 Å². The summed E-state index contributed by atoms with van der Waals surface area (Å²) in [7, 11) is 2.94. The normalized spacial score (nSPS) is 10.4. The Labute approximate surface area is 113 Å². The van der Waals surface area contributed by atoms with E-state index in [0.29, 0.717) is 17.0 Å². The van der Waals surface area contributed by atoms with Gasteiger partial charge in [0, 0.05) is 9.86 Å². The van der Waals surface area contributed by atoms with Gasteiger partial charge in [0.15, 0.2) is 0 Å². The van der Waals surface area contributed by atoms with E-state index in [1.165, 1.54) is 7.11 Å². The topological polar surface area (TPSA) is 48.4 Å². The second-order valence-electron chi connectivity index (χ2n) is 3.79. The Kier molecular flexibility index (Phi) is 3.52. The van der Waals surface area contributed by atoms with Crippen molar-refractivity contribution in [1.29, 1.82) is 0 Å². The Morgan fingerprint density at radius 3 is 2.61 bits per heavy atom. The van der Waals surface area contributed by atoms with Gasteiger partial charge in [-0.3, -0.25) is 0 Å². The van der Waals surface area contributed by atoms with Crippen molar-refractivity contribution < 1.29 is 14.3 Å². The molecule has 0 spiro atoms. The average molecular weight is 310 g/mol. The second kappa shape index (κ2) is 4.94. The molecule has 2 rings (SSSR count). The standard InChI is InChI=1S/C13H12BrNO3/c1-7-10(13(16)18-3)5-8-4-9(14)6-11(17-2)12(8)15-7/h4-6H,1-3H3. The number of carbonyl (C=O) groups is 1. The highest BCUT2D eigenvalue weighted by atomic mass is 79.9. The number of halogens is 1. The molecule has 5 heteroatoms. The SMILES string of the molecule is COC(=O)c1cc2cc(Br)cc(OC)c2nc1C. The lowest BCUT2D eigenvalue weighted by Gasteiger charge is -2.09. The maximum Gasteiger partial charge on any atom is 0.339 e. The lowest BCUT2D eigenvalue weighted by atomic mass is 10.1. The summed E-state index contributed by atoms with van der Waals surface area (Å²) in [5, 5.41) is 0.826. The van der Waals surface area contributed by atoms with E-state index in [9.17, 15) is 4.79 Å². The van der Waals surface area contributed by atoms with Crippen LogP contribution >= 0.6 is 15.9 Å². The van der Waals surface area contributed by atoms with Crippen molar-refractivity contribution in [2.24, 2.45) is 0 Å². The lowest BCUT2D eigenvalue weighted by molar-refractivity contribution is 0.0599. The number of carbonyl (C=O) groups excluding carboxylic acids is 1. The first kappa shape index (κ1) is 12.8. The van der Waals surface area contributed by atoms with Gasteiger partial charge in [-0.1, -0.05) is 15.9 Å². The van der Waals surface area contributed by atoms with Gasteiger partial charge in [-0.05, 0) is 25.1 Å². The van der Waals surface area contributed by atoms with E-state index in [-0.39, 0.29) is 5.97 Å². The summed E-state index contributed by atoms with van der Waals surface area (Å²) in [6, 6.07) is 5.49. The maximum atomic E-state index is 11.6. The minimum Gasteiger partial charge on any atom is -0.494 e. The van der Waals surface area contributed by atoms with Crippen molar-refractivity contribution in [3.05, 3.63) is 33.9 Å². The number of nitrogens with zero attached hydrogens (tertiary/aromatic N) is 1. The number of rotatable bonds is 2. The summed E-state index contributed by atoms with van der Waals surface area (Å²) in [5.74, 6) is 0.278. The molecule has 0 bridgehead atoms. The summed E-state index contributed by atoms with van der Waals surface area (Å²) in [6.07, 6.45) is 0. The molecule has 1 aromatic heterocycles. The fourth-order valence-electron chi connectivity index (χ4n) is 1.78. The molecule has 94 valence electrons. The molecule has 0 aliphatic carbocycles. The molecule has 2 aromatic rings. The number of pyridine rings is 1. The Morgan fingerprint density at radius 2 is 2.00 bits per heavy atom. The van der Waals surface area contributed by atoms with Gasteiger partial charge >= 0.3 is 5.97 Å². The predicted octanol–water partition coefficient (Wildman–Crippen LogP) is 3.10. The number of aromatic nitrogens is 1. The molecule has 0 saturated carbocycles. The highest BCUT2D eigenvalue weighted by Crippen LogP contribution is 2.30. The highest BCUT2D eigenvalue weighted by Gasteiger charge is 2.14. The van der Waals surface area contributed by atoms with Gasteiger partial charge in [0.05, 0.1) is 25.5 Å². The first-order valence-corrected chi connectivity index (χ1v) is 6.09. The van der Waals surface area contributed by atoms with Crippen LogP contribution in [0.1, 0.15) is 16.1 Å². The quantitative estimate of drug-likeness (QED) is 0.800. The van der Waals surface area contributed by atoms with Crippen molar-refractivity contribution in [3.63, 3.8) is 0 Å². The Morgan fingerprint density at radius 1 is 1.28 bits per heavy atom. The number of methoxy groups -OCH3 is 2. The van der Waals surface area contributed by atoms with Crippen LogP contribution in [0.25, 0.3) is 10.9 Å². The summed E-state index contributed by atoms with van der Waals surface area (Å²) in [6.45, 7) is 1.77. The van der Waals surface area contributed by atoms with Gasteiger partial charge in [0.25, 0.3) is 0 Å². The molecule has 18 heavy (non-hydrogen) atoms. The van der Waals surface area contributed by atoms with E-state index in [0.717, 1.165) is 15.4 Å². The fourth-order valence-corrected chi connectivity index (χ4v) is 2.24. The zero-order valence-corrected chi connectivity index (χ0v) is 11.9. The number of esters is 1. The number of hydrogen-bond donors (Lipinski definition) is 0. The van der Waals surface area contributed by atoms with Crippen LogP contribution in [0.15, 0.2) is 22.7 Å². The molecule has 0 aliphatic heterocycles. The van der Waals surface area contributed by atoms with Crippen LogP contribution in [0.3, 0.4) is 0 Å².